The van der Waals surface area contributed by atoms with Crippen LogP contribution in [0, 0.1) is 136 Å². The molecule has 11 fully saturated rings. The molecule has 576 valence electrons. The molecule has 8 bridgehead atoms. The highest BCUT2D eigenvalue weighted by atomic mass is 16.6. The number of aliphatic hydroxyl groups is 1. The third-order valence-corrected chi connectivity index (χ3v) is 24.3. The number of carbonyl (C=O) groups excluding carboxylic acids is 8. The van der Waals surface area contributed by atoms with Gasteiger partial charge in [-0.2, -0.15) is 0 Å². The number of esters is 6. The first-order valence-electron chi connectivity index (χ1n) is 34.3. The largest absolute Gasteiger partial charge is 0.481 e. The third kappa shape index (κ3) is 17.8. The first kappa shape index (κ1) is 92.0. The molecule has 20 nitrogen and oxygen atoms in total. The van der Waals surface area contributed by atoms with E-state index in [-0.39, 0.29) is 190 Å². The lowest BCUT2D eigenvalue weighted by molar-refractivity contribution is -0.173. The van der Waals surface area contributed by atoms with Crippen LogP contribution >= 0.6 is 0 Å². The summed E-state index contributed by atoms with van der Waals surface area (Å²) in [4.78, 5) is 133. The predicted molar refractivity (Wildman–Crippen MR) is 386 cm³/mol. The lowest BCUT2D eigenvalue weighted by Crippen LogP contribution is -2.54. The molecule has 0 aromatic rings. The second-order valence-corrected chi connectivity index (χ2v) is 32.4. The lowest BCUT2D eigenvalue weighted by Gasteiger charge is -2.54. The van der Waals surface area contributed by atoms with E-state index >= 15 is 9.59 Å². The Bertz CT molecular complexity index is 2730. The monoisotopic (exact) mass is 1410 g/mol. The van der Waals surface area contributed by atoms with Crippen molar-refractivity contribution in [1.29, 1.82) is 0 Å². The number of fused-ring (bicyclic) bond motifs is 8. The average Bonchev–Trinajstić information content (AvgIpc) is 1.52. The number of carboxylic acids is 1. The van der Waals surface area contributed by atoms with Crippen molar-refractivity contribution in [1.82, 2.24) is 9.80 Å². The summed E-state index contributed by atoms with van der Waals surface area (Å²) in [6.07, 6.45) is 8.63. The van der Waals surface area contributed by atoms with E-state index in [4.69, 9.17) is 33.2 Å². The van der Waals surface area contributed by atoms with Gasteiger partial charge in [-0.1, -0.05) is 88.1 Å². The number of amides is 2. The Hall–Kier alpha value is -5.01. The van der Waals surface area contributed by atoms with Gasteiger partial charge < -0.3 is 53.2 Å². The number of piperidine rings is 2. The Morgan fingerprint density at radius 1 is 0.444 bits per heavy atom. The first-order chi connectivity index (χ1) is 42.0. The van der Waals surface area contributed by atoms with Crippen molar-refractivity contribution in [2.75, 3.05) is 39.5 Å². The maximum atomic E-state index is 15.7. The molecule has 2 amide bonds. The second-order valence-electron chi connectivity index (χ2n) is 32.4. The Morgan fingerprint density at radius 2 is 0.838 bits per heavy atom. The number of likely N-dealkylation sites (tertiary alicyclic amines) is 2. The molecule has 0 spiro atoms. The van der Waals surface area contributed by atoms with E-state index in [9.17, 15) is 43.8 Å². The maximum absolute atomic E-state index is 15.7. The molecular weight excluding hydrogens is 1260 g/mol. The molecule has 0 aromatic heterocycles. The van der Waals surface area contributed by atoms with Gasteiger partial charge in [0.05, 0.1) is 61.2 Å². The normalized spacial score (nSPS) is 37.0. The quantitative estimate of drug-likeness (QED) is 0.0778. The zero-order valence-corrected chi connectivity index (χ0v) is 54.6. The lowest BCUT2D eigenvalue weighted by atomic mass is 9.50. The van der Waals surface area contributed by atoms with E-state index in [0.29, 0.717) is 64.5 Å². The summed E-state index contributed by atoms with van der Waals surface area (Å²) in [6.45, 7) is 20.9. The van der Waals surface area contributed by atoms with Gasteiger partial charge in [-0.05, 0) is 240 Å². The molecule has 0 radical (unpaired) electrons. The van der Waals surface area contributed by atoms with Crippen molar-refractivity contribution < 1.29 is 86.5 Å². The molecule has 20 heteroatoms. The molecule has 3 aliphatic heterocycles. The minimum Gasteiger partial charge on any atom is -0.481 e. The maximum Gasteiger partial charge on any atom is 0.410 e. The van der Waals surface area contributed by atoms with Crippen LogP contribution in [0.15, 0.2) is 0 Å². The minimum absolute atomic E-state index is 0. The first-order valence-corrected chi connectivity index (χ1v) is 34.3. The van der Waals surface area contributed by atoms with Crippen LogP contribution in [0.3, 0.4) is 0 Å². The van der Waals surface area contributed by atoms with Crippen molar-refractivity contribution in [2.45, 2.75) is 276 Å². The van der Waals surface area contributed by atoms with Crippen molar-refractivity contribution in [2.24, 2.45) is 136 Å². The highest BCUT2D eigenvalue weighted by molar-refractivity contribution is 5.96. The van der Waals surface area contributed by atoms with Crippen molar-refractivity contribution in [3.8, 4) is 0 Å². The van der Waals surface area contributed by atoms with Crippen LogP contribution in [0.5, 0.6) is 0 Å². The Morgan fingerprint density at radius 3 is 1.28 bits per heavy atom. The summed E-state index contributed by atoms with van der Waals surface area (Å²) in [5.41, 5.74) is -2.14. The summed E-state index contributed by atoms with van der Waals surface area (Å²) >= 11 is 0. The SMILES string of the molecule is C.C.C.C.C.C.C.C.C.C.CC1C(=O)OC(=O)C1C1C2CC(C(C(=O)OCCC3CCCCN3C(=O)OC(C)(C)C)C2C(=O)OCCC2CCCCN2C(=O)OC(C)(C)C)C1C1C2CC(CC2C(=O)O)C1C1C2CC(CC2C(=O)OCCO)C1C1C(C)C2CC(C(=O)OC(C)(C)C)C1C2. The van der Waals surface area contributed by atoms with E-state index < -0.39 is 130 Å². The van der Waals surface area contributed by atoms with Gasteiger partial charge in [-0.15, -0.1) is 0 Å². The number of aliphatic carboxylic acids is 1. The van der Waals surface area contributed by atoms with Gasteiger partial charge in [0, 0.05) is 38.0 Å². The number of ether oxygens (including phenoxy) is 7. The van der Waals surface area contributed by atoms with E-state index in [1.54, 1.807) is 16.7 Å². The zero-order chi connectivity index (χ0) is 64.1. The van der Waals surface area contributed by atoms with Crippen LogP contribution in [-0.4, -0.2) is 142 Å². The van der Waals surface area contributed by atoms with Gasteiger partial charge in [-0.3, -0.25) is 33.6 Å². The number of carboxylic acid groups (broad SMARTS) is 1. The van der Waals surface area contributed by atoms with E-state index in [1.807, 2.05) is 62.3 Å². The molecule has 8 saturated carbocycles. The summed E-state index contributed by atoms with van der Waals surface area (Å²) < 4.78 is 41.8. The number of carbonyl (C=O) groups is 9. The summed E-state index contributed by atoms with van der Waals surface area (Å²) in [5, 5.41) is 21.1. The fourth-order valence-corrected chi connectivity index (χ4v) is 21.7. The van der Waals surface area contributed by atoms with Gasteiger partial charge in [0.25, 0.3) is 0 Å². The van der Waals surface area contributed by atoms with Gasteiger partial charge >= 0.3 is 54.0 Å². The smallest absolute Gasteiger partial charge is 0.410 e. The molecule has 11 rings (SSSR count). The Labute approximate surface area is 599 Å². The number of rotatable bonds is 17. The van der Waals surface area contributed by atoms with Crippen LogP contribution in [-0.2, 0) is 66.7 Å². The number of hydrogen-bond donors (Lipinski definition) is 2. The summed E-state index contributed by atoms with van der Waals surface area (Å²) in [6, 6.07) is -0.561. The standard InChI is InChI=1S/C69H102N2O18.10CH4/c1-33-35-26-41(45(27-35)61(77)87-67(3,4)5)48(33)50-37-29-42(44(31-37)60(76)85-25-22-72)52(50)51-36-28-40(43(30-36)58(73)74)53(51)55-47-32-46(54(55)49-34(2)59(75)86-64(49)80)56(62(78)83-23-18-38-16-12-14-20-70(38)65(81)88-68(6,7)8)57(47)63(79)84-24-19-39-17-13-15-21-71(39)66(82)89-69(9,10)11;;;;;;;;;;/h33-57,72H,12-32H2,1-11H3,(H,73,74);10*1H4. The molecule has 3 heterocycles. The second kappa shape index (κ2) is 35.4. The molecule has 11 aliphatic rings. The number of cyclic esters (lactones) is 2. The fourth-order valence-electron chi connectivity index (χ4n) is 21.7. The highest BCUT2D eigenvalue weighted by Crippen LogP contribution is 2.76. The summed E-state index contributed by atoms with van der Waals surface area (Å²) in [5.74, 6) is -13.2. The van der Waals surface area contributed by atoms with Crippen LogP contribution in [0.4, 0.5) is 9.59 Å². The topological polar surface area (TPSA) is 265 Å². The van der Waals surface area contributed by atoms with E-state index in [2.05, 4.69) is 6.92 Å². The molecule has 25 unspecified atom stereocenters. The molecule has 99 heavy (non-hydrogen) atoms. The molecule has 3 saturated heterocycles. The molecule has 0 aromatic carbocycles. The van der Waals surface area contributed by atoms with Crippen molar-refractivity contribution in [3.05, 3.63) is 0 Å². The molecule has 25 atom stereocenters. The van der Waals surface area contributed by atoms with Crippen LogP contribution < -0.4 is 0 Å². The molecule has 2 N–H and O–H groups in total. The Kier molecular flexibility index (Phi) is 32.9. The number of hydrogen-bond acceptors (Lipinski definition) is 17. The predicted octanol–water partition coefficient (Wildman–Crippen LogP) is 15.9. The minimum atomic E-state index is -1.13. The zero-order valence-electron chi connectivity index (χ0n) is 54.6. The van der Waals surface area contributed by atoms with Crippen molar-refractivity contribution >= 4 is 54.0 Å². The third-order valence-electron chi connectivity index (χ3n) is 24.3. The number of aliphatic hydroxyl groups excluding tert-OH is 1. The van der Waals surface area contributed by atoms with Crippen LogP contribution in [0.1, 0.15) is 247 Å². The fraction of sp³-hybridized carbons (Fsp3) is 0.886. The van der Waals surface area contributed by atoms with Crippen molar-refractivity contribution in [3.63, 3.8) is 0 Å². The highest BCUT2D eigenvalue weighted by Gasteiger charge is 2.75. The summed E-state index contributed by atoms with van der Waals surface area (Å²) in [7, 11) is 0. The van der Waals surface area contributed by atoms with Gasteiger partial charge in [0.1, 0.15) is 23.4 Å². The number of nitrogens with zero attached hydrogens (tertiary/aromatic N) is 2. The van der Waals surface area contributed by atoms with Gasteiger partial charge in [0.15, 0.2) is 0 Å². The Balaban J connectivity index is 0.00000490. The van der Waals surface area contributed by atoms with Gasteiger partial charge in [0.2, 0.25) is 0 Å². The molecule has 8 aliphatic carbocycles. The van der Waals surface area contributed by atoms with E-state index in [1.165, 1.54) is 0 Å². The van der Waals surface area contributed by atoms with Gasteiger partial charge in [-0.25, -0.2) is 9.59 Å². The average molecular weight is 1410 g/mol. The van der Waals surface area contributed by atoms with Crippen LogP contribution in [0.2, 0.25) is 0 Å². The molecular formula is C79H142N2O18. The van der Waals surface area contributed by atoms with E-state index in [0.717, 1.165) is 44.9 Å². The van der Waals surface area contributed by atoms with Crippen LogP contribution in [0.25, 0.3) is 0 Å².